The first-order chi connectivity index (χ1) is 12.0. The van der Waals surface area contributed by atoms with Crippen LogP contribution < -0.4 is 11.1 Å². The van der Waals surface area contributed by atoms with Gasteiger partial charge < -0.3 is 20.9 Å². The zero-order valence-electron chi connectivity index (χ0n) is 16.0. The molecule has 5 nitrogen and oxygen atoms in total. The second-order valence-electron chi connectivity index (χ2n) is 7.91. The Morgan fingerprint density at radius 2 is 1.73 bits per heavy atom. The van der Waals surface area contributed by atoms with E-state index in [1.807, 2.05) is 71.0 Å². The molecule has 0 heterocycles. The zero-order chi connectivity index (χ0) is 19.5. The number of nitrogens with one attached hydrogen (secondary N) is 1. The van der Waals surface area contributed by atoms with Crippen LogP contribution in [0.2, 0.25) is 0 Å². The average Bonchev–Trinajstić information content (AvgIpc) is 2.52. The number of aliphatic hydroxyl groups excluding tert-OH is 1. The molecule has 1 atom stereocenters. The molecule has 140 valence electrons. The van der Waals surface area contributed by atoms with Gasteiger partial charge in [-0.15, -0.1) is 0 Å². The highest BCUT2D eigenvalue weighted by Gasteiger charge is 2.27. The number of rotatable bonds is 4. The lowest BCUT2D eigenvalue weighted by atomic mass is 9.90. The summed E-state index contributed by atoms with van der Waals surface area (Å²) >= 11 is 0. The summed E-state index contributed by atoms with van der Waals surface area (Å²) in [6, 6.07) is 14.7. The average molecular weight is 356 g/mol. The van der Waals surface area contributed by atoms with E-state index in [0.717, 1.165) is 5.56 Å². The van der Waals surface area contributed by atoms with Gasteiger partial charge in [-0.1, -0.05) is 42.5 Å². The van der Waals surface area contributed by atoms with Crippen molar-refractivity contribution in [1.82, 2.24) is 5.32 Å². The molecule has 0 spiro atoms. The van der Waals surface area contributed by atoms with E-state index in [-0.39, 0.29) is 0 Å². The van der Waals surface area contributed by atoms with Gasteiger partial charge in [0.15, 0.2) is 0 Å². The number of benzene rings is 2. The van der Waals surface area contributed by atoms with E-state index in [2.05, 4.69) is 5.32 Å². The van der Waals surface area contributed by atoms with Crippen LogP contribution in [0.5, 0.6) is 0 Å². The van der Waals surface area contributed by atoms with Crippen molar-refractivity contribution in [2.45, 2.75) is 51.9 Å². The number of carbonyl (C=O) groups excluding carboxylic acids is 1. The van der Waals surface area contributed by atoms with Crippen molar-refractivity contribution in [1.29, 1.82) is 0 Å². The summed E-state index contributed by atoms with van der Waals surface area (Å²) < 4.78 is 5.34. The van der Waals surface area contributed by atoms with Gasteiger partial charge in [0.2, 0.25) is 0 Å². The van der Waals surface area contributed by atoms with Crippen molar-refractivity contribution < 1.29 is 14.6 Å². The number of carbonyl (C=O) groups is 1. The van der Waals surface area contributed by atoms with Crippen LogP contribution in [0.4, 0.5) is 10.5 Å². The molecule has 1 unspecified atom stereocenters. The van der Waals surface area contributed by atoms with Crippen LogP contribution in [0, 0.1) is 0 Å². The fraction of sp³-hybridized carbons (Fsp3) is 0.381. The molecule has 0 aliphatic rings. The Labute approximate surface area is 155 Å². The number of hydrogen-bond acceptors (Lipinski definition) is 4. The molecule has 0 bridgehead atoms. The SMILES string of the molecule is CC(C)(C)OC(=O)NC(C)(C)c1cccc(C(O)c2ccccc2N)c1. The second kappa shape index (κ2) is 7.38. The molecule has 1 amide bonds. The van der Waals surface area contributed by atoms with Gasteiger partial charge >= 0.3 is 6.09 Å². The maximum atomic E-state index is 12.1. The number of anilines is 1. The maximum absolute atomic E-state index is 12.1. The van der Waals surface area contributed by atoms with Crippen LogP contribution >= 0.6 is 0 Å². The van der Waals surface area contributed by atoms with Crippen LogP contribution in [0.15, 0.2) is 48.5 Å². The van der Waals surface area contributed by atoms with Gasteiger partial charge in [-0.3, -0.25) is 0 Å². The maximum Gasteiger partial charge on any atom is 0.408 e. The predicted octanol–water partition coefficient (Wildman–Crippen LogP) is 4.11. The van der Waals surface area contributed by atoms with Crippen molar-refractivity contribution in [2.75, 3.05) is 5.73 Å². The molecule has 2 aromatic rings. The minimum absolute atomic E-state index is 0.485. The number of alkyl carbamates (subject to hydrolysis) is 1. The zero-order valence-corrected chi connectivity index (χ0v) is 16.0. The van der Waals surface area contributed by atoms with Crippen LogP contribution in [0.3, 0.4) is 0 Å². The fourth-order valence-corrected chi connectivity index (χ4v) is 2.67. The van der Waals surface area contributed by atoms with E-state index in [0.29, 0.717) is 16.8 Å². The molecule has 0 saturated carbocycles. The standard InChI is InChI=1S/C21H28N2O3/c1-20(2,3)26-19(25)23-21(4,5)15-10-8-9-14(13-15)18(24)16-11-6-7-12-17(16)22/h6-13,18,24H,22H2,1-5H3,(H,23,25). The number of nitrogens with two attached hydrogens (primary N) is 1. The number of nitrogen functional groups attached to an aromatic ring is 1. The van der Waals surface area contributed by atoms with Gasteiger partial charge in [0.25, 0.3) is 0 Å². The first kappa shape index (κ1) is 19.8. The molecule has 2 aromatic carbocycles. The topological polar surface area (TPSA) is 84.6 Å². The number of ether oxygens (including phenoxy) is 1. The van der Waals surface area contributed by atoms with Gasteiger partial charge in [0, 0.05) is 11.3 Å². The molecule has 0 aromatic heterocycles. The van der Waals surface area contributed by atoms with Crippen molar-refractivity contribution in [3.63, 3.8) is 0 Å². The minimum atomic E-state index is -0.839. The van der Waals surface area contributed by atoms with Crippen molar-refractivity contribution in [2.24, 2.45) is 0 Å². The molecule has 0 fully saturated rings. The third kappa shape index (κ3) is 4.99. The van der Waals surface area contributed by atoms with Crippen molar-refractivity contribution in [3.05, 3.63) is 65.2 Å². The molecule has 0 saturated heterocycles. The highest BCUT2D eigenvalue weighted by Crippen LogP contribution is 2.29. The quantitative estimate of drug-likeness (QED) is 0.720. The first-order valence-electron chi connectivity index (χ1n) is 8.64. The smallest absolute Gasteiger partial charge is 0.408 e. The van der Waals surface area contributed by atoms with E-state index < -0.39 is 23.3 Å². The predicted molar refractivity (Wildman–Crippen MR) is 104 cm³/mol. The lowest BCUT2D eigenvalue weighted by molar-refractivity contribution is 0.0470. The largest absolute Gasteiger partial charge is 0.444 e. The normalized spacial score (nSPS) is 13.2. The van der Waals surface area contributed by atoms with Crippen molar-refractivity contribution in [3.8, 4) is 0 Å². The van der Waals surface area contributed by atoms with E-state index in [1.165, 1.54) is 0 Å². The number of para-hydroxylation sites is 1. The number of hydrogen-bond donors (Lipinski definition) is 3. The Bertz CT molecular complexity index is 779. The summed E-state index contributed by atoms with van der Waals surface area (Å²) in [6.45, 7) is 9.24. The minimum Gasteiger partial charge on any atom is -0.444 e. The third-order valence-electron chi connectivity index (χ3n) is 4.03. The molecule has 4 N–H and O–H groups in total. The van der Waals surface area contributed by atoms with Gasteiger partial charge in [-0.25, -0.2) is 4.79 Å². The van der Waals surface area contributed by atoms with E-state index in [4.69, 9.17) is 10.5 Å². The molecular weight excluding hydrogens is 328 g/mol. The Balaban J connectivity index is 2.25. The van der Waals surface area contributed by atoms with Crippen LogP contribution in [-0.2, 0) is 10.3 Å². The lowest BCUT2D eigenvalue weighted by Crippen LogP contribution is -2.43. The van der Waals surface area contributed by atoms with Crippen molar-refractivity contribution >= 4 is 11.8 Å². The Kier molecular flexibility index (Phi) is 5.62. The Morgan fingerprint density at radius 3 is 2.35 bits per heavy atom. The Hall–Kier alpha value is -2.53. The van der Waals surface area contributed by atoms with Gasteiger partial charge in [0.05, 0.1) is 5.54 Å². The lowest BCUT2D eigenvalue weighted by Gasteiger charge is -2.29. The van der Waals surface area contributed by atoms with Gasteiger partial charge in [0.1, 0.15) is 11.7 Å². The molecule has 26 heavy (non-hydrogen) atoms. The summed E-state index contributed by atoms with van der Waals surface area (Å²) in [4.78, 5) is 12.1. The second-order valence-corrected chi connectivity index (χ2v) is 7.91. The molecule has 0 aliphatic carbocycles. The highest BCUT2D eigenvalue weighted by atomic mass is 16.6. The first-order valence-corrected chi connectivity index (χ1v) is 8.64. The molecule has 5 heteroatoms. The summed E-state index contributed by atoms with van der Waals surface area (Å²) in [5.41, 5.74) is 7.50. The fourth-order valence-electron chi connectivity index (χ4n) is 2.67. The van der Waals surface area contributed by atoms with Gasteiger partial charge in [-0.2, -0.15) is 0 Å². The van der Waals surface area contributed by atoms with E-state index in [1.54, 1.807) is 12.1 Å². The summed E-state index contributed by atoms with van der Waals surface area (Å²) in [7, 11) is 0. The molecule has 0 radical (unpaired) electrons. The van der Waals surface area contributed by atoms with Crippen LogP contribution in [0.25, 0.3) is 0 Å². The number of aliphatic hydroxyl groups is 1. The third-order valence-corrected chi connectivity index (χ3v) is 4.03. The monoisotopic (exact) mass is 356 g/mol. The number of amides is 1. The van der Waals surface area contributed by atoms with E-state index in [9.17, 15) is 9.90 Å². The summed E-state index contributed by atoms with van der Waals surface area (Å²) in [6.07, 6.45) is -1.32. The van der Waals surface area contributed by atoms with Gasteiger partial charge in [-0.05, 0) is 51.8 Å². The molecule has 0 aliphatic heterocycles. The molecular formula is C21H28N2O3. The Morgan fingerprint density at radius 1 is 1.08 bits per heavy atom. The summed E-state index contributed by atoms with van der Waals surface area (Å²) in [5.74, 6) is 0. The summed E-state index contributed by atoms with van der Waals surface area (Å²) in [5, 5.41) is 13.6. The molecule has 2 rings (SSSR count). The van der Waals surface area contributed by atoms with Crippen LogP contribution in [-0.4, -0.2) is 16.8 Å². The van der Waals surface area contributed by atoms with Crippen LogP contribution in [0.1, 0.15) is 57.4 Å². The highest BCUT2D eigenvalue weighted by molar-refractivity contribution is 5.69. The van der Waals surface area contributed by atoms with E-state index >= 15 is 0 Å².